The molecule has 2 fully saturated rings. The van der Waals surface area contributed by atoms with E-state index in [0.717, 1.165) is 43.1 Å². The normalized spacial score (nSPS) is 27.9. The maximum atomic E-state index is 12.8. The predicted molar refractivity (Wildman–Crippen MR) is 115 cm³/mol. The Morgan fingerprint density at radius 1 is 0.903 bits per heavy atom. The highest BCUT2D eigenvalue weighted by Gasteiger charge is 2.31. The van der Waals surface area contributed by atoms with Crippen LogP contribution in [0.4, 0.5) is 17.6 Å². The molecule has 0 heterocycles. The summed E-state index contributed by atoms with van der Waals surface area (Å²) >= 11 is 0. The monoisotopic (exact) mass is 433 g/mol. The lowest BCUT2D eigenvalue weighted by molar-refractivity contribution is -0.137. The maximum Gasteiger partial charge on any atom is 0.416 e. The Balaban J connectivity index is 1.35. The molecule has 0 amide bonds. The van der Waals surface area contributed by atoms with Crippen molar-refractivity contribution in [3.8, 4) is 6.07 Å². The molecule has 1 nitrogen and oxygen atoms in total. The molecule has 31 heavy (non-hydrogen) atoms. The predicted octanol–water partition coefficient (Wildman–Crippen LogP) is 8.50. The first-order chi connectivity index (χ1) is 14.8. The molecule has 2 saturated carbocycles. The van der Waals surface area contributed by atoms with Crippen LogP contribution in [0.2, 0.25) is 0 Å². The van der Waals surface area contributed by atoms with Crippen molar-refractivity contribution in [2.75, 3.05) is 0 Å². The van der Waals surface area contributed by atoms with E-state index in [2.05, 4.69) is 0 Å². The Kier molecular flexibility index (Phi) is 8.35. The highest BCUT2D eigenvalue weighted by molar-refractivity contribution is 5.27. The lowest BCUT2D eigenvalue weighted by atomic mass is 9.74. The Bertz CT molecular complexity index is 784. The molecule has 3 rings (SSSR count). The first kappa shape index (κ1) is 23.6. The average Bonchev–Trinajstić information content (AvgIpc) is 2.78. The summed E-state index contributed by atoms with van der Waals surface area (Å²) < 4.78 is 51.0. The molecule has 5 heteroatoms. The number of alkyl halides is 3. The maximum absolute atomic E-state index is 12.8. The van der Waals surface area contributed by atoms with Crippen molar-refractivity contribution in [2.45, 2.75) is 76.3 Å². The Morgan fingerprint density at radius 2 is 1.45 bits per heavy atom. The summed E-state index contributed by atoms with van der Waals surface area (Å²) in [5, 5.41) is 8.42. The van der Waals surface area contributed by atoms with Gasteiger partial charge in [0.05, 0.1) is 5.56 Å². The van der Waals surface area contributed by atoms with Crippen molar-refractivity contribution in [3.63, 3.8) is 0 Å². The van der Waals surface area contributed by atoms with E-state index in [-0.39, 0.29) is 0 Å². The van der Waals surface area contributed by atoms with E-state index in [1.165, 1.54) is 62.8 Å². The second-order valence-corrected chi connectivity index (χ2v) is 9.21. The molecule has 1 aromatic rings. The van der Waals surface area contributed by atoms with Gasteiger partial charge in [0.1, 0.15) is 6.07 Å². The van der Waals surface area contributed by atoms with Crippen molar-refractivity contribution >= 4 is 0 Å². The Labute approximate surface area is 182 Å². The molecule has 0 aliphatic heterocycles. The van der Waals surface area contributed by atoms with E-state index in [4.69, 9.17) is 5.26 Å². The van der Waals surface area contributed by atoms with Crippen LogP contribution < -0.4 is 0 Å². The van der Waals surface area contributed by atoms with Crippen molar-refractivity contribution in [2.24, 2.45) is 17.8 Å². The van der Waals surface area contributed by atoms with Crippen LogP contribution in [-0.2, 0) is 6.18 Å². The zero-order valence-corrected chi connectivity index (χ0v) is 17.9. The zero-order valence-electron chi connectivity index (χ0n) is 17.9. The van der Waals surface area contributed by atoms with Crippen LogP contribution in [0.1, 0.15) is 81.3 Å². The van der Waals surface area contributed by atoms with E-state index in [9.17, 15) is 17.6 Å². The number of nitrogens with zero attached hydrogens (tertiary/aromatic N) is 1. The molecule has 2 aliphatic rings. The van der Waals surface area contributed by atoms with Crippen LogP contribution in [0.25, 0.3) is 0 Å². The van der Waals surface area contributed by atoms with Crippen LogP contribution in [0.15, 0.2) is 48.3 Å². The number of allylic oxidation sites excluding steroid dienone is 4. The number of hydrogen-bond donors (Lipinski definition) is 0. The molecule has 2 aliphatic carbocycles. The van der Waals surface area contributed by atoms with E-state index < -0.39 is 17.6 Å². The summed E-state index contributed by atoms with van der Waals surface area (Å²) in [6.07, 6.45) is 12.3. The summed E-state index contributed by atoms with van der Waals surface area (Å²) in [4.78, 5) is 0. The smallest absolute Gasteiger partial charge is 0.195 e. The fraction of sp³-hybridized carbons (Fsp3) is 0.577. The minimum absolute atomic E-state index is 0.390. The average molecular weight is 434 g/mol. The molecular formula is C26H31F4N. The van der Waals surface area contributed by atoms with Crippen molar-refractivity contribution in [1.82, 2.24) is 0 Å². The first-order valence-corrected chi connectivity index (χ1v) is 11.5. The van der Waals surface area contributed by atoms with Gasteiger partial charge in [0.15, 0.2) is 5.83 Å². The standard InChI is InChI=1S/C26H31F4N/c27-25(18-31)3-1-2-19-4-6-20(7-5-19)8-9-21-10-12-22(13-11-21)23-14-16-24(17-15-23)26(28,29)30/h1-3,14-17,19-22H,4-13H2. The van der Waals surface area contributed by atoms with Gasteiger partial charge in [-0.3, -0.25) is 0 Å². The lowest BCUT2D eigenvalue weighted by Crippen LogP contribution is -2.17. The molecule has 0 spiro atoms. The third kappa shape index (κ3) is 7.23. The molecule has 0 aromatic heterocycles. The fourth-order valence-corrected chi connectivity index (χ4v) is 5.20. The van der Waals surface area contributed by atoms with Crippen LogP contribution in [0.3, 0.4) is 0 Å². The third-order valence-electron chi connectivity index (χ3n) is 7.16. The number of rotatable bonds is 6. The van der Waals surface area contributed by atoms with Gasteiger partial charge in [0.25, 0.3) is 0 Å². The van der Waals surface area contributed by atoms with Crippen LogP contribution in [-0.4, -0.2) is 0 Å². The van der Waals surface area contributed by atoms with Gasteiger partial charge in [-0.05, 0) is 98.8 Å². The molecule has 0 atom stereocenters. The largest absolute Gasteiger partial charge is 0.416 e. The number of nitriles is 1. The van der Waals surface area contributed by atoms with E-state index in [1.54, 1.807) is 18.2 Å². The Hall–Kier alpha value is -2.09. The van der Waals surface area contributed by atoms with Gasteiger partial charge in [-0.1, -0.05) is 37.1 Å². The molecule has 0 unspecified atom stereocenters. The van der Waals surface area contributed by atoms with E-state index in [1.807, 2.05) is 6.08 Å². The van der Waals surface area contributed by atoms with Crippen LogP contribution in [0, 0.1) is 29.1 Å². The first-order valence-electron chi connectivity index (χ1n) is 11.5. The lowest BCUT2D eigenvalue weighted by Gasteiger charge is -2.31. The van der Waals surface area contributed by atoms with E-state index in [0.29, 0.717) is 11.8 Å². The van der Waals surface area contributed by atoms with Gasteiger partial charge in [-0.2, -0.15) is 22.8 Å². The van der Waals surface area contributed by atoms with Gasteiger partial charge in [0.2, 0.25) is 0 Å². The van der Waals surface area contributed by atoms with Crippen molar-refractivity contribution in [3.05, 3.63) is 59.4 Å². The topological polar surface area (TPSA) is 23.8 Å². The second kappa shape index (κ2) is 11.0. The summed E-state index contributed by atoms with van der Waals surface area (Å²) in [5.41, 5.74) is 0.475. The third-order valence-corrected chi connectivity index (χ3v) is 7.16. The van der Waals surface area contributed by atoms with Gasteiger partial charge in [-0.15, -0.1) is 0 Å². The van der Waals surface area contributed by atoms with Gasteiger partial charge >= 0.3 is 6.18 Å². The Morgan fingerprint density at radius 3 is 1.97 bits per heavy atom. The molecule has 0 N–H and O–H groups in total. The van der Waals surface area contributed by atoms with Crippen molar-refractivity contribution < 1.29 is 17.6 Å². The second-order valence-electron chi connectivity index (χ2n) is 9.21. The highest BCUT2D eigenvalue weighted by atomic mass is 19.4. The molecule has 0 radical (unpaired) electrons. The summed E-state index contributed by atoms with van der Waals surface area (Å²) in [5.74, 6) is 1.63. The molecule has 0 bridgehead atoms. The SMILES string of the molecule is N#CC(F)=CC=CC1CCC(CCC2CCC(c3ccc(C(F)(F)F)cc3)CC2)CC1. The number of benzene rings is 1. The minimum atomic E-state index is -4.27. The zero-order chi connectivity index (χ0) is 22.3. The van der Waals surface area contributed by atoms with Crippen LogP contribution >= 0.6 is 0 Å². The minimum Gasteiger partial charge on any atom is -0.195 e. The summed E-state index contributed by atoms with van der Waals surface area (Å²) in [6, 6.07) is 7.22. The quantitative estimate of drug-likeness (QED) is 0.251. The van der Waals surface area contributed by atoms with Gasteiger partial charge in [0, 0.05) is 0 Å². The molecule has 0 saturated heterocycles. The summed E-state index contributed by atoms with van der Waals surface area (Å²) in [6.45, 7) is 0. The van der Waals surface area contributed by atoms with Crippen molar-refractivity contribution in [1.29, 1.82) is 5.26 Å². The highest BCUT2D eigenvalue weighted by Crippen LogP contribution is 2.40. The van der Waals surface area contributed by atoms with Crippen LogP contribution in [0.5, 0.6) is 0 Å². The molecule has 1 aromatic carbocycles. The van der Waals surface area contributed by atoms with E-state index >= 15 is 0 Å². The van der Waals surface area contributed by atoms with Gasteiger partial charge in [-0.25, -0.2) is 0 Å². The summed E-state index contributed by atoms with van der Waals surface area (Å²) in [7, 11) is 0. The number of hydrogen-bond acceptors (Lipinski definition) is 1. The number of halogens is 4. The fourth-order valence-electron chi connectivity index (χ4n) is 5.20. The molecule has 168 valence electrons. The molecular weight excluding hydrogens is 402 g/mol. The van der Waals surface area contributed by atoms with Gasteiger partial charge < -0.3 is 0 Å².